The summed E-state index contributed by atoms with van der Waals surface area (Å²) in [6.45, 7) is 0.704. The second kappa shape index (κ2) is 7.96. The lowest BCUT2D eigenvalue weighted by atomic mass is 10.1. The van der Waals surface area contributed by atoms with Gasteiger partial charge in [0.1, 0.15) is 0 Å². The SMILES string of the molecule is O=C(/C=C(\[O-])c1ccccc1)c1ccc(Cn2c3ccccc3c3ccccc32)cc1. The molecular weight excluding hydrogens is 382 g/mol. The van der Waals surface area contributed by atoms with E-state index < -0.39 is 0 Å². The van der Waals surface area contributed by atoms with Gasteiger partial charge in [-0.25, -0.2) is 0 Å². The Morgan fingerprint density at radius 1 is 0.677 bits per heavy atom. The highest BCUT2D eigenvalue weighted by Crippen LogP contribution is 2.29. The topological polar surface area (TPSA) is 45.1 Å². The van der Waals surface area contributed by atoms with E-state index in [1.165, 1.54) is 21.8 Å². The van der Waals surface area contributed by atoms with Gasteiger partial charge < -0.3 is 9.67 Å². The molecule has 0 saturated carbocycles. The van der Waals surface area contributed by atoms with Gasteiger partial charge in [-0.3, -0.25) is 4.79 Å². The lowest BCUT2D eigenvalue weighted by molar-refractivity contribution is -0.243. The highest BCUT2D eigenvalue weighted by Gasteiger charge is 2.10. The maximum Gasteiger partial charge on any atom is 0.185 e. The number of carbonyl (C=O) groups excluding carboxylic acids is 1. The number of benzene rings is 4. The molecule has 0 N–H and O–H groups in total. The van der Waals surface area contributed by atoms with Gasteiger partial charge in [0.05, 0.1) is 0 Å². The van der Waals surface area contributed by atoms with E-state index in [0.717, 1.165) is 11.6 Å². The molecule has 0 radical (unpaired) electrons. The van der Waals surface area contributed by atoms with Crippen LogP contribution in [0.1, 0.15) is 21.5 Å². The van der Waals surface area contributed by atoms with Crippen molar-refractivity contribution in [1.29, 1.82) is 0 Å². The Bertz CT molecular complexity index is 1360. The van der Waals surface area contributed by atoms with Crippen molar-refractivity contribution >= 4 is 33.3 Å². The van der Waals surface area contributed by atoms with Crippen molar-refractivity contribution < 1.29 is 9.90 Å². The van der Waals surface area contributed by atoms with Crippen LogP contribution in [0.2, 0.25) is 0 Å². The number of rotatable bonds is 5. The second-order valence-corrected chi connectivity index (χ2v) is 7.56. The molecule has 0 saturated heterocycles. The van der Waals surface area contributed by atoms with E-state index in [4.69, 9.17) is 0 Å². The second-order valence-electron chi connectivity index (χ2n) is 7.56. The van der Waals surface area contributed by atoms with Gasteiger partial charge in [0, 0.05) is 33.9 Å². The van der Waals surface area contributed by atoms with Crippen LogP contribution in [-0.4, -0.2) is 10.4 Å². The molecule has 0 aliphatic carbocycles. The summed E-state index contributed by atoms with van der Waals surface area (Å²) in [7, 11) is 0. The summed E-state index contributed by atoms with van der Waals surface area (Å²) >= 11 is 0. The number of fused-ring (bicyclic) bond motifs is 3. The lowest BCUT2D eigenvalue weighted by Gasteiger charge is -2.12. The number of ketones is 1. The Balaban J connectivity index is 1.43. The van der Waals surface area contributed by atoms with Crippen molar-refractivity contribution in [2.24, 2.45) is 0 Å². The third-order valence-corrected chi connectivity index (χ3v) is 5.58. The lowest BCUT2D eigenvalue weighted by Crippen LogP contribution is -2.06. The van der Waals surface area contributed by atoms with Crippen LogP contribution < -0.4 is 5.11 Å². The van der Waals surface area contributed by atoms with Crippen molar-refractivity contribution in [2.75, 3.05) is 0 Å². The molecule has 150 valence electrons. The zero-order valence-corrected chi connectivity index (χ0v) is 16.9. The van der Waals surface area contributed by atoms with Crippen LogP contribution in [0, 0.1) is 0 Å². The van der Waals surface area contributed by atoms with Crippen molar-refractivity contribution in [3.05, 3.63) is 126 Å². The first-order valence-corrected chi connectivity index (χ1v) is 10.2. The molecule has 0 spiro atoms. The molecular formula is C28H20NO2-. The average molecular weight is 402 g/mol. The van der Waals surface area contributed by atoms with Crippen LogP contribution in [0.25, 0.3) is 27.6 Å². The number of hydrogen-bond donors (Lipinski definition) is 0. The number of aromatic nitrogens is 1. The quantitative estimate of drug-likeness (QED) is 0.224. The minimum Gasteiger partial charge on any atom is -0.872 e. The zero-order valence-electron chi connectivity index (χ0n) is 16.9. The number of allylic oxidation sites excluding steroid dienone is 1. The summed E-state index contributed by atoms with van der Waals surface area (Å²) in [5, 5.41) is 14.7. The minimum absolute atomic E-state index is 0.278. The van der Waals surface area contributed by atoms with Crippen LogP contribution in [0.5, 0.6) is 0 Å². The Labute approximate surface area is 180 Å². The van der Waals surface area contributed by atoms with Crippen molar-refractivity contribution in [3.63, 3.8) is 0 Å². The van der Waals surface area contributed by atoms with Crippen molar-refractivity contribution in [2.45, 2.75) is 6.54 Å². The van der Waals surface area contributed by atoms with E-state index in [1.54, 1.807) is 36.4 Å². The third-order valence-electron chi connectivity index (χ3n) is 5.58. The highest BCUT2D eigenvalue weighted by molar-refractivity contribution is 6.08. The molecule has 0 bridgehead atoms. The Hall–Kier alpha value is -4.11. The zero-order chi connectivity index (χ0) is 21.2. The fourth-order valence-electron chi connectivity index (χ4n) is 4.02. The van der Waals surface area contributed by atoms with E-state index in [2.05, 4.69) is 53.1 Å². The molecule has 31 heavy (non-hydrogen) atoms. The normalized spacial score (nSPS) is 11.8. The fraction of sp³-hybridized carbons (Fsp3) is 0.0357. The molecule has 5 aromatic rings. The van der Waals surface area contributed by atoms with Gasteiger partial charge in [-0.2, -0.15) is 0 Å². The number of para-hydroxylation sites is 2. The molecule has 0 unspecified atom stereocenters. The van der Waals surface area contributed by atoms with Gasteiger partial charge >= 0.3 is 0 Å². The van der Waals surface area contributed by atoms with E-state index in [0.29, 0.717) is 17.7 Å². The van der Waals surface area contributed by atoms with Gasteiger partial charge in [0.2, 0.25) is 0 Å². The van der Waals surface area contributed by atoms with Crippen LogP contribution in [-0.2, 0) is 6.54 Å². The predicted octanol–water partition coefficient (Wildman–Crippen LogP) is 5.43. The van der Waals surface area contributed by atoms with Crippen LogP contribution in [0.4, 0.5) is 0 Å². The maximum absolute atomic E-state index is 12.5. The van der Waals surface area contributed by atoms with E-state index in [-0.39, 0.29) is 11.5 Å². The number of nitrogens with zero attached hydrogens (tertiary/aromatic N) is 1. The van der Waals surface area contributed by atoms with Crippen LogP contribution >= 0.6 is 0 Å². The van der Waals surface area contributed by atoms with Crippen molar-refractivity contribution in [3.8, 4) is 0 Å². The molecule has 4 aromatic carbocycles. The van der Waals surface area contributed by atoms with E-state index in [1.807, 2.05) is 18.2 Å². The molecule has 0 aliphatic heterocycles. The predicted molar refractivity (Wildman–Crippen MR) is 124 cm³/mol. The highest BCUT2D eigenvalue weighted by atomic mass is 16.3. The first-order chi connectivity index (χ1) is 15.2. The van der Waals surface area contributed by atoms with Crippen molar-refractivity contribution in [1.82, 2.24) is 4.57 Å². The number of hydrogen-bond acceptors (Lipinski definition) is 2. The number of carbonyl (C=O) groups is 1. The molecule has 1 aromatic heterocycles. The van der Waals surface area contributed by atoms with Gasteiger partial charge in [-0.1, -0.05) is 96.8 Å². The monoisotopic (exact) mass is 402 g/mol. The molecule has 3 nitrogen and oxygen atoms in total. The first-order valence-electron chi connectivity index (χ1n) is 10.2. The summed E-state index contributed by atoms with van der Waals surface area (Å²) in [5.41, 5.74) is 4.49. The molecule has 0 atom stereocenters. The summed E-state index contributed by atoms with van der Waals surface area (Å²) < 4.78 is 2.30. The van der Waals surface area contributed by atoms with E-state index in [9.17, 15) is 9.90 Å². The average Bonchev–Trinajstić information content (AvgIpc) is 3.14. The van der Waals surface area contributed by atoms with Gasteiger partial charge in [-0.15, -0.1) is 0 Å². The minimum atomic E-state index is -0.280. The van der Waals surface area contributed by atoms with E-state index >= 15 is 0 Å². The summed E-state index contributed by atoms with van der Waals surface area (Å²) in [4.78, 5) is 12.5. The Morgan fingerprint density at radius 3 is 1.84 bits per heavy atom. The summed E-state index contributed by atoms with van der Waals surface area (Å²) in [6, 6.07) is 33.1. The molecule has 3 heteroatoms. The smallest absolute Gasteiger partial charge is 0.185 e. The Morgan fingerprint density at radius 2 is 1.23 bits per heavy atom. The van der Waals surface area contributed by atoms with Gasteiger partial charge in [0.25, 0.3) is 0 Å². The first kappa shape index (κ1) is 18.9. The summed E-state index contributed by atoms with van der Waals surface area (Å²) in [5.74, 6) is -0.558. The standard InChI is InChI=1S/C28H21NO2/c30-27(21-8-2-1-3-9-21)18-28(31)22-16-14-20(15-17-22)19-29-25-12-6-4-10-23(25)24-11-5-7-13-26(24)29/h1-18,30H,19H2/p-1/b27-18-. The Kier molecular flexibility index (Phi) is 4.85. The van der Waals surface area contributed by atoms with Crippen LogP contribution in [0.15, 0.2) is 109 Å². The maximum atomic E-state index is 12.5. The molecule has 0 fully saturated rings. The van der Waals surface area contributed by atoms with Crippen LogP contribution in [0.3, 0.4) is 0 Å². The van der Waals surface area contributed by atoms with Gasteiger partial charge in [0.15, 0.2) is 5.78 Å². The third kappa shape index (κ3) is 3.62. The molecule has 5 rings (SSSR count). The molecule has 0 aliphatic rings. The van der Waals surface area contributed by atoms with Gasteiger partial charge in [-0.05, 0) is 29.3 Å². The molecule has 1 heterocycles. The largest absolute Gasteiger partial charge is 0.872 e. The summed E-state index contributed by atoms with van der Waals surface area (Å²) in [6.07, 6.45) is 1.16. The fourth-order valence-corrected chi connectivity index (χ4v) is 4.02. The molecule has 0 amide bonds.